The lowest BCUT2D eigenvalue weighted by molar-refractivity contribution is 0.0665. The lowest BCUT2D eigenvalue weighted by atomic mass is 10.0. The van der Waals surface area contributed by atoms with Crippen molar-refractivity contribution in [1.82, 2.24) is 4.90 Å². The third-order valence-corrected chi connectivity index (χ3v) is 5.27. The van der Waals surface area contributed by atoms with E-state index in [4.69, 9.17) is 0 Å². The zero-order valence-corrected chi connectivity index (χ0v) is 16.4. The van der Waals surface area contributed by atoms with Crippen LogP contribution in [0.15, 0.2) is 71.2 Å². The number of benzene rings is 3. The summed E-state index contributed by atoms with van der Waals surface area (Å²) >= 11 is 3.46. The number of amides is 1. The van der Waals surface area contributed by atoms with Crippen LogP contribution in [-0.4, -0.2) is 15.9 Å². The number of anilines is 1. The zero-order valence-electron chi connectivity index (χ0n) is 14.8. The van der Waals surface area contributed by atoms with Crippen molar-refractivity contribution in [3.63, 3.8) is 0 Å². The maximum Gasteiger partial charge on any atom is 0.258 e. The highest BCUT2D eigenvalue weighted by molar-refractivity contribution is 9.10. The molecular weight excluding hydrogens is 404 g/mol. The van der Waals surface area contributed by atoms with Crippen molar-refractivity contribution in [3.05, 3.63) is 93.5 Å². The first-order valence-electron chi connectivity index (χ1n) is 8.73. The van der Waals surface area contributed by atoms with E-state index in [-0.39, 0.29) is 11.7 Å². The molecular formula is C22H19BrN2O2. The molecule has 0 bridgehead atoms. The van der Waals surface area contributed by atoms with Crippen molar-refractivity contribution < 1.29 is 9.90 Å². The lowest BCUT2D eigenvalue weighted by Crippen LogP contribution is -2.42. The van der Waals surface area contributed by atoms with Crippen LogP contribution >= 0.6 is 15.9 Å². The summed E-state index contributed by atoms with van der Waals surface area (Å²) in [6, 6.07) is 20.9. The number of fused-ring (bicyclic) bond motifs is 1. The second-order valence-electron chi connectivity index (χ2n) is 6.71. The quantitative estimate of drug-likeness (QED) is 0.607. The highest BCUT2D eigenvalue weighted by Crippen LogP contribution is 2.38. The Bertz CT molecular complexity index is 1000. The molecule has 0 unspecified atom stereocenters. The fourth-order valence-corrected chi connectivity index (χ4v) is 3.71. The highest BCUT2D eigenvalue weighted by atomic mass is 79.9. The average molecular weight is 423 g/mol. The maximum atomic E-state index is 13.3. The molecule has 1 aliphatic rings. The molecule has 4 rings (SSSR count). The summed E-state index contributed by atoms with van der Waals surface area (Å²) in [5, 5.41) is 13.9. The summed E-state index contributed by atoms with van der Waals surface area (Å²) in [6.45, 7) is 2.48. The number of aryl methyl sites for hydroxylation is 1. The van der Waals surface area contributed by atoms with E-state index in [1.54, 1.807) is 17.0 Å². The van der Waals surface area contributed by atoms with E-state index in [9.17, 15) is 9.90 Å². The SMILES string of the molecule is Cc1ccc(CN2C(=O)c3ccccc3N[C@@H]2c2cc(Br)ccc2O)cc1. The molecule has 2 N–H and O–H groups in total. The van der Waals surface area contributed by atoms with Crippen LogP contribution < -0.4 is 5.32 Å². The number of halogens is 1. The third-order valence-electron chi connectivity index (χ3n) is 4.78. The first kappa shape index (κ1) is 17.6. The number of para-hydroxylation sites is 1. The van der Waals surface area contributed by atoms with Crippen LogP contribution in [0.5, 0.6) is 5.75 Å². The fraction of sp³-hybridized carbons (Fsp3) is 0.136. The molecule has 5 heteroatoms. The van der Waals surface area contributed by atoms with Crippen molar-refractivity contribution in [3.8, 4) is 5.75 Å². The van der Waals surface area contributed by atoms with Gasteiger partial charge in [-0.05, 0) is 42.8 Å². The third kappa shape index (κ3) is 3.43. The Morgan fingerprint density at radius 1 is 1.07 bits per heavy atom. The van der Waals surface area contributed by atoms with Crippen molar-refractivity contribution >= 4 is 27.5 Å². The van der Waals surface area contributed by atoms with E-state index in [1.165, 1.54) is 5.56 Å². The molecule has 0 spiro atoms. The summed E-state index contributed by atoms with van der Waals surface area (Å²) < 4.78 is 0.846. The average Bonchev–Trinajstić information content (AvgIpc) is 2.67. The molecule has 0 radical (unpaired) electrons. The van der Waals surface area contributed by atoms with Crippen molar-refractivity contribution in [2.75, 3.05) is 5.32 Å². The van der Waals surface area contributed by atoms with Gasteiger partial charge in [0.2, 0.25) is 0 Å². The van der Waals surface area contributed by atoms with Crippen LogP contribution in [-0.2, 0) is 6.54 Å². The number of phenolic OH excluding ortho intramolecular Hbond substituents is 1. The second kappa shape index (κ2) is 7.08. The number of hydrogen-bond donors (Lipinski definition) is 2. The summed E-state index contributed by atoms with van der Waals surface area (Å²) in [7, 11) is 0. The van der Waals surface area contributed by atoms with Gasteiger partial charge in [0.05, 0.1) is 5.56 Å². The second-order valence-corrected chi connectivity index (χ2v) is 7.63. The first-order valence-corrected chi connectivity index (χ1v) is 9.53. The molecule has 0 saturated carbocycles. The van der Waals surface area contributed by atoms with Gasteiger partial charge in [0.1, 0.15) is 11.9 Å². The van der Waals surface area contributed by atoms with Crippen molar-refractivity contribution in [2.24, 2.45) is 0 Å². The van der Waals surface area contributed by atoms with Crippen LogP contribution in [0.3, 0.4) is 0 Å². The van der Waals surface area contributed by atoms with E-state index in [2.05, 4.69) is 21.2 Å². The van der Waals surface area contributed by atoms with E-state index in [1.807, 2.05) is 61.5 Å². The van der Waals surface area contributed by atoms with E-state index in [0.717, 1.165) is 15.7 Å². The van der Waals surface area contributed by atoms with Crippen molar-refractivity contribution in [1.29, 1.82) is 0 Å². The summed E-state index contributed by atoms with van der Waals surface area (Å²) in [5.74, 6) is 0.0890. The number of carbonyl (C=O) groups is 1. The Labute approximate surface area is 166 Å². The number of phenols is 1. The normalized spacial score (nSPS) is 16.0. The van der Waals surface area contributed by atoms with Crippen LogP contribution in [0.1, 0.15) is 33.2 Å². The summed E-state index contributed by atoms with van der Waals surface area (Å²) in [6.07, 6.45) is -0.466. The van der Waals surface area contributed by atoms with Gasteiger partial charge in [-0.25, -0.2) is 0 Å². The van der Waals surface area contributed by atoms with Gasteiger partial charge >= 0.3 is 0 Å². The number of nitrogens with zero attached hydrogens (tertiary/aromatic N) is 1. The summed E-state index contributed by atoms with van der Waals surface area (Å²) in [4.78, 5) is 15.0. The molecule has 1 amide bonds. The zero-order chi connectivity index (χ0) is 19.0. The first-order chi connectivity index (χ1) is 13.0. The van der Waals surface area contributed by atoms with E-state index in [0.29, 0.717) is 17.7 Å². The molecule has 0 aliphatic carbocycles. The van der Waals surface area contributed by atoms with Crippen molar-refractivity contribution in [2.45, 2.75) is 19.6 Å². The smallest absolute Gasteiger partial charge is 0.258 e. The molecule has 27 heavy (non-hydrogen) atoms. The van der Waals surface area contributed by atoms with Gasteiger partial charge in [0.25, 0.3) is 5.91 Å². The van der Waals surface area contributed by atoms with Gasteiger partial charge in [-0.1, -0.05) is 57.9 Å². The minimum atomic E-state index is -0.466. The Balaban J connectivity index is 1.79. The molecule has 136 valence electrons. The number of nitrogens with one attached hydrogen (secondary N) is 1. The molecule has 0 saturated heterocycles. The minimum Gasteiger partial charge on any atom is -0.508 e. The molecule has 3 aromatic carbocycles. The van der Waals surface area contributed by atoms with E-state index < -0.39 is 6.17 Å². The van der Waals surface area contributed by atoms with Gasteiger partial charge in [-0.3, -0.25) is 4.79 Å². The number of hydrogen-bond acceptors (Lipinski definition) is 3. The van der Waals surface area contributed by atoms with E-state index >= 15 is 0 Å². The minimum absolute atomic E-state index is 0.0608. The highest BCUT2D eigenvalue weighted by Gasteiger charge is 2.34. The number of rotatable bonds is 3. The predicted molar refractivity (Wildman–Crippen MR) is 110 cm³/mol. The Morgan fingerprint density at radius 3 is 2.59 bits per heavy atom. The van der Waals surface area contributed by atoms with Crippen LogP contribution in [0.4, 0.5) is 5.69 Å². The Kier molecular flexibility index (Phi) is 4.62. The molecule has 1 atom stereocenters. The molecule has 1 aliphatic heterocycles. The Hall–Kier alpha value is -2.79. The molecule has 3 aromatic rings. The molecule has 0 aromatic heterocycles. The fourth-order valence-electron chi connectivity index (χ4n) is 3.34. The lowest BCUT2D eigenvalue weighted by Gasteiger charge is -2.38. The predicted octanol–water partition coefficient (Wildman–Crippen LogP) is 5.23. The van der Waals surface area contributed by atoms with Crippen LogP contribution in [0.2, 0.25) is 0 Å². The van der Waals surface area contributed by atoms with Gasteiger partial charge in [-0.2, -0.15) is 0 Å². The Morgan fingerprint density at radius 2 is 1.81 bits per heavy atom. The standard InChI is InChI=1S/C22H19BrN2O2/c1-14-6-8-15(9-7-14)13-25-21(18-12-16(23)10-11-20(18)26)24-19-5-3-2-4-17(19)22(25)27/h2-12,21,24,26H,13H2,1H3/t21-/m0/s1. The molecule has 0 fully saturated rings. The topological polar surface area (TPSA) is 52.6 Å². The van der Waals surface area contributed by atoms with Gasteiger partial charge in [-0.15, -0.1) is 0 Å². The van der Waals surface area contributed by atoms with Crippen LogP contribution in [0, 0.1) is 6.92 Å². The molecule has 1 heterocycles. The molecule has 4 nitrogen and oxygen atoms in total. The number of aromatic hydroxyl groups is 1. The van der Waals surface area contributed by atoms with Gasteiger partial charge < -0.3 is 15.3 Å². The van der Waals surface area contributed by atoms with Crippen LogP contribution in [0.25, 0.3) is 0 Å². The van der Waals surface area contributed by atoms with Gasteiger partial charge in [0.15, 0.2) is 0 Å². The summed E-state index contributed by atoms with van der Waals surface area (Å²) in [5.41, 5.74) is 4.27. The maximum absolute atomic E-state index is 13.3. The number of carbonyl (C=O) groups excluding carboxylic acids is 1. The van der Waals surface area contributed by atoms with Gasteiger partial charge in [0, 0.05) is 22.3 Å². The monoisotopic (exact) mass is 422 g/mol. The largest absolute Gasteiger partial charge is 0.508 e.